The van der Waals surface area contributed by atoms with Crippen molar-refractivity contribution in [2.24, 2.45) is 16.9 Å². The average molecular weight is 636 g/mol. The predicted octanol–water partition coefficient (Wildman–Crippen LogP) is 4.21. The number of hydrogen-bond acceptors (Lipinski definition) is 6. The summed E-state index contributed by atoms with van der Waals surface area (Å²) < 4.78 is 6.87. The molecule has 4 heterocycles. The Morgan fingerprint density at radius 2 is 1.30 bits per heavy atom. The van der Waals surface area contributed by atoms with E-state index in [1.807, 2.05) is 76.2 Å². The molecule has 47 heavy (non-hydrogen) atoms. The van der Waals surface area contributed by atoms with Gasteiger partial charge in [-0.25, -0.2) is 9.97 Å². The van der Waals surface area contributed by atoms with Crippen molar-refractivity contribution in [1.29, 1.82) is 0 Å². The van der Waals surface area contributed by atoms with Gasteiger partial charge in [-0.15, -0.1) is 0 Å². The van der Waals surface area contributed by atoms with Crippen LogP contribution in [-0.2, 0) is 9.59 Å². The highest BCUT2D eigenvalue weighted by molar-refractivity contribution is 5.85. The van der Waals surface area contributed by atoms with Crippen LogP contribution in [-0.4, -0.2) is 39.7 Å². The van der Waals surface area contributed by atoms with Gasteiger partial charge < -0.3 is 20.6 Å². The maximum absolute atomic E-state index is 14.4. The van der Waals surface area contributed by atoms with Crippen molar-refractivity contribution in [3.05, 3.63) is 99.7 Å². The summed E-state index contributed by atoms with van der Waals surface area (Å²) in [4.78, 5) is 63.7. The number of carbonyl (C=O) groups is 2. The van der Waals surface area contributed by atoms with Gasteiger partial charge in [0.05, 0.1) is 45.3 Å². The smallest absolute Gasteiger partial charge is 0.277 e. The summed E-state index contributed by atoms with van der Waals surface area (Å²) in [6, 6.07) is 14.5. The number of aromatic nitrogens is 6. The number of fused-ring (bicyclic) bond motifs is 6. The summed E-state index contributed by atoms with van der Waals surface area (Å²) in [5.74, 6) is -2.31. The molecule has 0 spiro atoms. The van der Waals surface area contributed by atoms with Gasteiger partial charge in [-0.2, -0.15) is 0 Å². The second-order valence-corrected chi connectivity index (χ2v) is 13.2. The Bertz CT molecular complexity index is 2360. The molecule has 0 fully saturated rings. The van der Waals surface area contributed by atoms with E-state index in [4.69, 9.17) is 21.4 Å². The molecular formula is C35H39N8O4. The number of primary amides is 2. The minimum atomic E-state index is -1.57. The van der Waals surface area contributed by atoms with E-state index in [9.17, 15) is 19.2 Å². The van der Waals surface area contributed by atoms with Crippen molar-refractivity contribution < 1.29 is 9.59 Å². The zero-order chi connectivity index (χ0) is 34.1. The molecule has 0 aliphatic heterocycles. The SMILES string of the molecule is [CH2]C(C)(C(N)=O)C(c1ncc2c(=O)n(C(C)C)c3ccccc3n12)c1nc(C(C)CC(N)=O)c2c(=O)n(C(C)C)c3ccccc3n12. The first-order chi connectivity index (χ1) is 22.2. The van der Waals surface area contributed by atoms with E-state index in [1.54, 1.807) is 31.8 Å². The third kappa shape index (κ3) is 4.73. The van der Waals surface area contributed by atoms with Crippen LogP contribution in [0.3, 0.4) is 0 Å². The molecule has 243 valence electrons. The summed E-state index contributed by atoms with van der Waals surface area (Å²) in [7, 11) is 0. The van der Waals surface area contributed by atoms with E-state index >= 15 is 0 Å². The molecule has 0 saturated heterocycles. The van der Waals surface area contributed by atoms with Crippen LogP contribution in [0.25, 0.3) is 33.1 Å². The van der Waals surface area contributed by atoms with Crippen LogP contribution in [0.2, 0.25) is 0 Å². The van der Waals surface area contributed by atoms with Crippen molar-refractivity contribution in [1.82, 2.24) is 27.9 Å². The second kappa shape index (κ2) is 11.2. The molecule has 12 nitrogen and oxygen atoms in total. The highest BCUT2D eigenvalue weighted by Gasteiger charge is 2.44. The third-order valence-corrected chi connectivity index (χ3v) is 9.07. The van der Waals surface area contributed by atoms with Gasteiger partial charge in [-0.3, -0.25) is 28.0 Å². The minimum Gasteiger partial charge on any atom is -0.370 e. The van der Waals surface area contributed by atoms with Gasteiger partial charge in [-0.1, -0.05) is 31.2 Å². The van der Waals surface area contributed by atoms with Gasteiger partial charge in [0.1, 0.15) is 22.7 Å². The Hall–Kier alpha value is -5.26. The fraction of sp³-hybridized carbons (Fsp3) is 0.343. The van der Waals surface area contributed by atoms with E-state index in [0.29, 0.717) is 39.1 Å². The Morgan fingerprint density at radius 3 is 1.81 bits per heavy atom. The number of carbonyl (C=O) groups excluding carboxylic acids is 2. The molecule has 2 amide bonds. The lowest BCUT2D eigenvalue weighted by atomic mass is 9.76. The normalized spacial score (nSPS) is 13.8. The maximum Gasteiger partial charge on any atom is 0.277 e. The van der Waals surface area contributed by atoms with E-state index in [0.717, 1.165) is 0 Å². The lowest BCUT2D eigenvalue weighted by Crippen LogP contribution is -2.40. The van der Waals surface area contributed by atoms with E-state index in [-0.39, 0.29) is 41.0 Å². The number of hydrogen-bond donors (Lipinski definition) is 2. The van der Waals surface area contributed by atoms with Crippen LogP contribution in [0.4, 0.5) is 0 Å². The van der Waals surface area contributed by atoms with Crippen LogP contribution in [0.15, 0.2) is 64.3 Å². The number of imidazole rings is 2. The molecule has 6 aromatic rings. The highest BCUT2D eigenvalue weighted by atomic mass is 16.2. The summed E-state index contributed by atoms with van der Waals surface area (Å²) in [6.45, 7) is 15.4. The van der Waals surface area contributed by atoms with Crippen LogP contribution in [0.5, 0.6) is 0 Å². The van der Waals surface area contributed by atoms with Crippen molar-refractivity contribution in [2.45, 2.75) is 71.9 Å². The molecule has 3 unspecified atom stereocenters. The third-order valence-electron chi connectivity index (χ3n) is 9.07. The van der Waals surface area contributed by atoms with E-state index < -0.39 is 29.1 Å². The molecule has 2 aromatic carbocycles. The molecule has 1 radical (unpaired) electrons. The van der Waals surface area contributed by atoms with Crippen LogP contribution >= 0.6 is 0 Å². The molecule has 6 rings (SSSR count). The summed E-state index contributed by atoms with van der Waals surface area (Å²) >= 11 is 0. The fourth-order valence-electron chi connectivity index (χ4n) is 6.84. The minimum absolute atomic E-state index is 0.0616. The molecular weight excluding hydrogens is 596 g/mol. The number of nitrogens with zero attached hydrogens (tertiary/aromatic N) is 6. The maximum atomic E-state index is 14.4. The van der Waals surface area contributed by atoms with Gasteiger partial charge in [0.2, 0.25) is 11.8 Å². The molecule has 4 aromatic heterocycles. The summed E-state index contributed by atoms with van der Waals surface area (Å²) in [5, 5.41) is 0. The Morgan fingerprint density at radius 1 is 0.787 bits per heavy atom. The standard InChI is InChI=1S/C35H39N8O4/c1-18(2)40-21-12-8-10-14-23(21)42-25(32(40)45)17-38-30(42)27(35(6,7)34(37)47)31-39-28(20(5)16-26(36)44)29-33(46)41(19(3)4)22-13-9-11-15-24(22)43(29)31/h8-15,17-20,27H,6,16H2,1-5,7H3,(H2,36,44)(H2,37,47). The molecule has 0 saturated carbocycles. The van der Waals surface area contributed by atoms with Crippen molar-refractivity contribution in [3.8, 4) is 0 Å². The van der Waals surface area contributed by atoms with Crippen LogP contribution in [0, 0.1) is 12.3 Å². The van der Waals surface area contributed by atoms with Crippen molar-refractivity contribution in [3.63, 3.8) is 0 Å². The monoisotopic (exact) mass is 635 g/mol. The lowest BCUT2D eigenvalue weighted by molar-refractivity contribution is -0.125. The zero-order valence-corrected chi connectivity index (χ0v) is 27.4. The second-order valence-electron chi connectivity index (χ2n) is 13.2. The molecule has 0 aliphatic carbocycles. The van der Waals surface area contributed by atoms with Crippen LogP contribution in [0.1, 0.15) is 89.2 Å². The highest BCUT2D eigenvalue weighted by Crippen LogP contribution is 2.42. The van der Waals surface area contributed by atoms with Gasteiger partial charge in [0, 0.05) is 24.4 Å². The Balaban J connectivity index is 1.84. The number of amides is 2. The topological polar surface area (TPSA) is 165 Å². The largest absolute Gasteiger partial charge is 0.370 e. The molecule has 12 heteroatoms. The van der Waals surface area contributed by atoms with Crippen molar-refractivity contribution >= 4 is 44.9 Å². The van der Waals surface area contributed by atoms with Crippen LogP contribution < -0.4 is 22.6 Å². The lowest BCUT2D eigenvalue weighted by Gasteiger charge is -2.30. The molecule has 0 bridgehead atoms. The molecule has 3 atom stereocenters. The number of benzene rings is 2. The first-order valence-corrected chi connectivity index (χ1v) is 15.7. The van der Waals surface area contributed by atoms with Gasteiger partial charge in [0.15, 0.2) is 0 Å². The molecule has 0 aliphatic rings. The number of para-hydroxylation sites is 4. The Kier molecular flexibility index (Phi) is 7.57. The predicted molar refractivity (Wildman–Crippen MR) is 181 cm³/mol. The fourth-order valence-corrected chi connectivity index (χ4v) is 6.84. The first kappa shape index (κ1) is 31.7. The molecule has 4 N–H and O–H groups in total. The quantitative estimate of drug-likeness (QED) is 0.242. The van der Waals surface area contributed by atoms with E-state index in [2.05, 4.69) is 6.92 Å². The summed E-state index contributed by atoms with van der Waals surface area (Å²) in [6.07, 6.45) is 1.43. The van der Waals surface area contributed by atoms with Gasteiger partial charge in [0.25, 0.3) is 11.1 Å². The first-order valence-electron chi connectivity index (χ1n) is 15.7. The van der Waals surface area contributed by atoms with E-state index in [1.165, 1.54) is 6.20 Å². The Labute approximate surface area is 270 Å². The zero-order valence-electron chi connectivity index (χ0n) is 27.4. The summed E-state index contributed by atoms with van der Waals surface area (Å²) in [5.41, 5.74) is 13.1. The number of rotatable bonds is 9. The number of nitrogens with two attached hydrogens (primary N) is 2. The average Bonchev–Trinajstić information content (AvgIpc) is 3.61. The van der Waals surface area contributed by atoms with Gasteiger partial charge in [-0.05, 0) is 65.8 Å². The van der Waals surface area contributed by atoms with Gasteiger partial charge >= 0.3 is 0 Å². The van der Waals surface area contributed by atoms with Crippen molar-refractivity contribution in [2.75, 3.05) is 0 Å².